The second-order valence-electron chi connectivity index (χ2n) is 6.34. The van der Waals surface area contributed by atoms with E-state index in [4.69, 9.17) is 4.74 Å². The summed E-state index contributed by atoms with van der Waals surface area (Å²) in [4.78, 5) is 4.18. The van der Waals surface area contributed by atoms with Crippen LogP contribution in [0.25, 0.3) is 0 Å². The van der Waals surface area contributed by atoms with E-state index in [1.807, 2.05) is 18.2 Å². The zero-order valence-electron chi connectivity index (χ0n) is 15.0. The van der Waals surface area contributed by atoms with Gasteiger partial charge in [0.2, 0.25) is 0 Å². The first-order chi connectivity index (χ1) is 11.2. The molecule has 136 valence electrons. The van der Waals surface area contributed by atoms with Crippen molar-refractivity contribution in [1.82, 2.24) is 10.6 Å². The first-order valence-electron chi connectivity index (χ1n) is 8.00. The summed E-state index contributed by atoms with van der Waals surface area (Å²) in [6, 6.07) is 10.3. The molecule has 0 atom stereocenters. The number of hydrogen-bond acceptors (Lipinski definition) is 4. The molecule has 1 rings (SSSR count). The minimum Gasteiger partial charge on any atom is -0.379 e. The Kier molecular flexibility index (Phi) is 8.21. The minimum atomic E-state index is -2.97. The van der Waals surface area contributed by atoms with E-state index in [1.54, 1.807) is 7.05 Å². The Balaban J connectivity index is 2.30. The van der Waals surface area contributed by atoms with E-state index in [2.05, 4.69) is 41.6 Å². The lowest BCUT2D eigenvalue weighted by Gasteiger charge is -2.26. The van der Waals surface area contributed by atoms with Crippen LogP contribution < -0.4 is 10.6 Å². The molecule has 0 radical (unpaired) electrons. The van der Waals surface area contributed by atoms with Crippen LogP contribution in [0, 0.1) is 0 Å². The van der Waals surface area contributed by atoms with Crippen LogP contribution in [0.5, 0.6) is 0 Å². The van der Waals surface area contributed by atoms with Crippen molar-refractivity contribution in [3.05, 3.63) is 35.9 Å². The molecule has 0 aliphatic heterocycles. The normalized spacial score (nSPS) is 12.9. The fraction of sp³-hybridized carbons (Fsp3) is 0.588. The summed E-state index contributed by atoms with van der Waals surface area (Å²) in [6.45, 7) is 6.31. The van der Waals surface area contributed by atoms with Gasteiger partial charge in [0.1, 0.15) is 9.84 Å². The van der Waals surface area contributed by atoms with Crippen molar-refractivity contribution in [1.29, 1.82) is 0 Å². The van der Waals surface area contributed by atoms with Crippen molar-refractivity contribution in [2.75, 3.05) is 45.4 Å². The van der Waals surface area contributed by atoms with E-state index in [0.717, 1.165) is 6.54 Å². The third-order valence-electron chi connectivity index (χ3n) is 3.61. The van der Waals surface area contributed by atoms with Crippen LogP contribution >= 0.6 is 0 Å². The van der Waals surface area contributed by atoms with Crippen molar-refractivity contribution in [3.63, 3.8) is 0 Å². The van der Waals surface area contributed by atoms with Crippen molar-refractivity contribution in [2.45, 2.75) is 19.3 Å². The second kappa shape index (κ2) is 9.64. The zero-order valence-corrected chi connectivity index (χ0v) is 15.8. The molecule has 0 spiro atoms. The predicted octanol–water partition coefficient (Wildman–Crippen LogP) is 1.19. The standard InChI is InChI=1S/C17H29N3O3S/c1-17(2,15-8-6-5-7-9-15)14-20-16(18-3)19-10-11-23-12-13-24(4,21)22/h5-9H,10-14H2,1-4H3,(H2,18,19,20). The molecule has 0 aliphatic carbocycles. The molecule has 0 unspecified atom stereocenters. The summed E-state index contributed by atoms with van der Waals surface area (Å²) < 4.78 is 27.3. The highest BCUT2D eigenvalue weighted by molar-refractivity contribution is 7.90. The highest BCUT2D eigenvalue weighted by Crippen LogP contribution is 2.21. The van der Waals surface area contributed by atoms with E-state index in [0.29, 0.717) is 19.1 Å². The molecule has 0 aliphatic rings. The molecule has 0 bridgehead atoms. The van der Waals surface area contributed by atoms with Gasteiger partial charge in [-0.25, -0.2) is 8.42 Å². The van der Waals surface area contributed by atoms with Gasteiger partial charge in [-0.2, -0.15) is 0 Å². The van der Waals surface area contributed by atoms with Gasteiger partial charge in [-0.05, 0) is 5.56 Å². The lowest BCUT2D eigenvalue weighted by molar-refractivity contribution is 0.154. The average molecular weight is 356 g/mol. The van der Waals surface area contributed by atoms with Crippen LogP contribution in [-0.2, 0) is 20.0 Å². The second-order valence-corrected chi connectivity index (χ2v) is 8.60. The van der Waals surface area contributed by atoms with Crippen LogP contribution in [-0.4, -0.2) is 59.7 Å². The number of ether oxygens (including phenoxy) is 1. The third kappa shape index (κ3) is 8.31. The van der Waals surface area contributed by atoms with Gasteiger partial charge in [-0.1, -0.05) is 44.2 Å². The molecule has 1 aromatic rings. The van der Waals surface area contributed by atoms with Gasteiger partial charge in [-0.3, -0.25) is 4.99 Å². The van der Waals surface area contributed by atoms with Crippen LogP contribution in [0.15, 0.2) is 35.3 Å². The quantitative estimate of drug-likeness (QED) is 0.395. The maximum Gasteiger partial charge on any atom is 0.191 e. The maximum atomic E-state index is 11.0. The van der Waals surface area contributed by atoms with E-state index in [1.165, 1.54) is 11.8 Å². The van der Waals surface area contributed by atoms with Crippen LogP contribution in [0.1, 0.15) is 19.4 Å². The number of nitrogens with one attached hydrogen (secondary N) is 2. The molecule has 0 aromatic heterocycles. The lowest BCUT2D eigenvalue weighted by atomic mass is 9.85. The molecule has 1 aromatic carbocycles. The number of rotatable bonds is 9. The van der Waals surface area contributed by atoms with E-state index < -0.39 is 9.84 Å². The summed E-state index contributed by atoms with van der Waals surface area (Å²) >= 11 is 0. The predicted molar refractivity (Wildman–Crippen MR) is 99.4 cm³/mol. The summed E-state index contributed by atoms with van der Waals surface area (Å²) in [7, 11) is -1.25. The van der Waals surface area contributed by atoms with Crippen LogP contribution in [0.2, 0.25) is 0 Å². The fourth-order valence-corrected chi connectivity index (χ4v) is 2.49. The fourth-order valence-electron chi connectivity index (χ4n) is 2.07. The summed E-state index contributed by atoms with van der Waals surface area (Å²) in [6.07, 6.45) is 1.20. The van der Waals surface area contributed by atoms with Crippen molar-refractivity contribution in [3.8, 4) is 0 Å². The Bertz CT molecular complexity index is 613. The van der Waals surface area contributed by atoms with Gasteiger partial charge >= 0.3 is 0 Å². The molecule has 0 saturated carbocycles. The van der Waals surface area contributed by atoms with Crippen molar-refractivity contribution < 1.29 is 13.2 Å². The average Bonchev–Trinajstić information content (AvgIpc) is 2.53. The van der Waals surface area contributed by atoms with E-state index in [9.17, 15) is 8.42 Å². The molecule has 24 heavy (non-hydrogen) atoms. The molecule has 0 saturated heterocycles. The molecule has 2 N–H and O–H groups in total. The van der Waals surface area contributed by atoms with E-state index >= 15 is 0 Å². The summed E-state index contributed by atoms with van der Waals surface area (Å²) in [5.74, 6) is 0.747. The third-order valence-corrected chi connectivity index (χ3v) is 4.52. The Morgan fingerprint density at radius 3 is 2.42 bits per heavy atom. The number of guanidine groups is 1. The topological polar surface area (TPSA) is 79.8 Å². The van der Waals surface area contributed by atoms with Crippen molar-refractivity contribution in [2.24, 2.45) is 4.99 Å². The molecule has 0 amide bonds. The Hall–Kier alpha value is -1.60. The Morgan fingerprint density at radius 2 is 1.83 bits per heavy atom. The monoisotopic (exact) mass is 355 g/mol. The number of aliphatic imine (C=N–C) groups is 1. The van der Waals surface area contributed by atoms with E-state index in [-0.39, 0.29) is 17.8 Å². The Morgan fingerprint density at radius 1 is 1.17 bits per heavy atom. The van der Waals surface area contributed by atoms with Crippen LogP contribution in [0.4, 0.5) is 0 Å². The van der Waals surface area contributed by atoms with Gasteiger partial charge in [0.25, 0.3) is 0 Å². The van der Waals surface area contributed by atoms with Gasteiger partial charge in [0.05, 0.1) is 19.0 Å². The number of nitrogens with zero attached hydrogens (tertiary/aromatic N) is 1. The maximum absolute atomic E-state index is 11.0. The highest BCUT2D eigenvalue weighted by Gasteiger charge is 2.20. The van der Waals surface area contributed by atoms with Crippen molar-refractivity contribution >= 4 is 15.8 Å². The lowest BCUT2D eigenvalue weighted by Crippen LogP contribution is -2.44. The number of benzene rings is 1. The van der Waals surface area contributed by atoms with Gasteiger partial charge in [0.15, 0.2) is 5.96 Å². The Labute approximate surface area is 145 Å². The van der Waals surface area contributed by atoms with Gasteiger partial charge in [-0.15, -0.1) is 0 Å². The number of sulfone groups is 1. The highest BCUT2D eigenvalue weighted by atomic mass is 32.2. The minimum absolute atomic E-state index is 0.0230. The zero-order chi connectivity index (χ0) is 18.1. The molecular formula is C17H29N3O3S. The van der Waals surface area contributed by atoms with Crippen LogP contribution in [0.3, 0.4) is 0 Å². The smallest absolute Gasteiger partial charge is 0.191 e. The number of hydrogen-bond donors (Lipinski definition) is 2. The summed E-state index contributed by atoms with van der Waals surface area (Å²) in [5, 5.41) is 6.47. The largest absolute Gasteiger partial charge is 0.379 e. The molecule has 0 heterocycles. The molecule has 7 heteroatoms. The molecule has 6 nitrogen and oxygen atoms in total. The molecule has 0 fully saturated rings. The SMILES string of the molecule is CN=C(NCCOCCS(C)(=O)=O)NCC(C)(C)c1ccccc1. The van der Waals surface area contributed by atoms with Gasteiger partial charge in [0, 0.05) is 31.8 Å². The first-order valence-corrected chi connectivity index (χ1v) is 10.1. The first kappa shape index (κ1) is 20.4. The summed E-state index contributed by atoms with van der Waals surface area (Å²) in [5.41, 5.74) is 1.24. The molecular weight excluding hydrogens is 326 g/mol. The van der Waals surface area contributed by atoms with Gasteiger partial charge < -0.3 is 15.4 Å².